The zero-order valence-corrected chi connectivity index (χ0v) is 12.1. The molecule has 2 rings (SSSR count). The monoisotopic (exact) mass is 259 g/mol. The molecule has 1 aromatic heterocycles. The van der Waals surface area contributed by atoms with Gasteiger partial charge < -0.3 is 5.73 Å². The second-order valence-electron chi connectivity index (χ2n) is 4.99. The van der Waals surface area contributed by atoms with Gasteiger partial charge in [-0.3, -0.25) is 0 Å². The molecule has 0 fully saturated rings. The highest BCUT2D eigenvalue weighted by molar-refractivity contribution is 7.15. The van der Waals surface area contributed by atoms with Crippen molar-refractivity contribution in [2.75, 3.05) is 0 Å². The van der Waals surface area contributed by atoms with E-state index in [1.54, 1.807) is 0 Å². The van der Waals surface area contributed by atoms with Crippen LogP contribution >= 0.6 is 11.3 Å². The van der Waals surface area contributed by atoms with E-state index in [1.165, 1.54) is 20.9 Å². The predicted molar refractivity (Wildman–Crippen MR) is 81.1 cm³/mol. The van der Waals surface area contributed by atoms with Crippen molar-refractivity contribution >= 4 is 11.3 Å². The van der Waals surface area contributed by atoms with Crippen LogP contribution in [0.5, 0.6) is 0 Å². The summed E-state index contributed by atoms with van der Waals surface area (Å²) in [6.45, 7) is 6.57. The normalized spacial score (nSPS) is 12.9. The van der Waals surface area contributed by atoms with E-state index >= 15 is 0 Å². The molecule has 1 unspecified atom stereocenters. The second-order valence-corrected chi connectivity index (χ2v) is 6.11. The molecule has 0 radical (unpaired) electrons. The van der Waals surface area contributed by atoms with E-state index in [2.05, 4.69) is 57.2 Å². The van der Waals surface area contributed by atoms with Crippen molar-refractivity contribution in [3.05, 3.63) is 46.8 Å². The topological polar surface area (TPSA) is 26.0 Å². The summed E-state index contributed by atoms with van der Waals surface area (Å²) in [7, 11) is 0. The van der Waals surface area contributed by atoms with Crippen LogP contribution in [0.15, 0.2) is 36.4 Å². The Balaban J connectivity index is 2.23. The highest BCUT2D eigenvalue weighted by Gasteiger charge is 2.08. The zero-order valence-electron chi connectivity index (χ0n) is 11.3. The van der Waals surface area contributed by atoms with Crippen LogP contribution in [0.2, 0.25) is 0 Å². The van der Waals surface area contributed by atoms with Gasteiger partial charge in [0, 0.05) is 15.8 Å². The Hall–Kier alpha value is -1.12. The standard InChI is InChI=1S/C16H21NS/c1-4-14(17)16-10-9-15(18-16)13-7-5-12(6-8-13)11(2)3/h5-11,14H,4,17H2,1-3H3. The van der Waals surface area contributed by atoms with Crippen LogP contribution < -0.4 is 5.73 Å². The Morgan fingerprint density at radius 3 is 2.28 bits per heavy atom. The van der Waals surface area contributed by atoms with Crippen molar-refractivity contribution < 1.29 is 0 Å². The summed E-state index contributed by atoms with van der Waals surface area (Å²) in [4.78, 5) is 2.59. The van der Waals surface area contributed by atoms with Gasteiger partial charge >= 0.3 is 0 Å². The van der Waals surface area contributed by atoms with Gasteiger partial charge in [0.2, 0.25) is 0 Å². The van der Waals surface area contributed by atoms with Crippen LogP contribution in [0, 0.1) is 0 Å². The Morgan fingerprint density at radius 2 is 1.72 bits per heavy atom. The lowest BCUT2D eigenvalue weighted by Crippen LogP contribution is -2.05. The fraction of sp³-hybridized carbons (Fsp3) is 0.375. The van der Waals surface area contributed by atoms with Gasteiger partial charge in [-0.15, -0.1) is 11.3 Å². The molecular weight excluding hydrogens is 238 g/mol. The van der Waals surface area contributed by atoms with Crippen molar-refractivity contribution in [3.8, 4) is 10.4 Å². The summed E-state index contributed by atoms with van der Waals surface area (Å²) in [5, 5.41) is 0. The Bertz CT molecular complexity index is 496. The molecule has 0 saturated carbocycles. The number of hydrogen-bond donors (Lipinski definition) is 1. The molecular formula is C16H21NS. The minimum Gasteiger partial charge on any atom is -0.323 e. The minimum absolute atomic E-state index is 0.179. The first kappa shape index (κ1) is 13.3. The number of hydrogen-bond acceptors (Lipinski definition) is 2. The largest absolute Gasteiger partial charge is 0.323 e. The average Bonchev–Trinajstić information content (AvgIpc) is 2.87. The molecule has 0 aliphatic carbocycles. The van der Waals surface area contributed by atoms with Gasteiger partial charge in [-0.05, 0) is 35.6 Å². The van der Waals surface area contributed by atoms with Crippen molar-refractivity contribution in [1.29, 1.82) is 0 Å². The number of rotatable bonds is 4. The molecule has 2 N–H and O–H groups in total. The SMILES string of the molecule is CCC(N)c1ccc(-c2ccc(C(C)C)cc2)s1. The first-order chi connectivity index (χ1) is 8.61. The average molecular weight is 259 g/mol. The van der Waals surface area contributed by atoms with E-state index < -0.39 is 0 Å². The molecule has 0 aliphatic heterocycles. The molecule has 0 amide bonds. The molecule has 1 nitrogen and oxygen atoms in total. The summed E-state index contributed by atoms with van der Waals surface area (Å²) < 4.78 is 0. The van der Waals surface area contributed by atoms with Gasteiger partial charge in [-0.1, -0.05) is 45.0 Å². The molecule has 1 aromatic carbocycles. The molecule has 1 atom stereocenters. The maximum Gasteiger partial charge on any atom is 0.0387 e. The minimum atomic E-state index is 0.179. The van der Waals surface area contributed by atoms with Crippen LogP contribution in [0.4, 0.5) is 0 Å². The van der Waals surface area contributed by atoms with E-state index in [-0.39, 0.29) is 6.04 Å². The number of thiophene rings is 1. The molecule has 96 valence electrons. The third-order valence-electron chi connectivity index (χ3n) is 3.29. The van der Waals surface area contributed by atoms with Gasteiger partial charge in [0.05, 0.1) is 0 Å². The Morgan fingerprint density at radius 1 is 1.06 bits per heavy atom. The fourth-order valence-corrected chi connectivity index (χ4v) is 3.04. The third kappa shape index (κ3) is 2.82. The molecule has 2 heteroatoms. The molecule has 0 bridgehead atoms. The lowest BCUT2D eigenvalue weighted by Gasteiger charge is -2.06. The summed E-state index contributed by atoms with van der Waals surface area (Å²) >= 11 is 1.81. The molecule has 2 aromatic rings. The van der Waals surface area contributed by atoms with Crippen molar-refractivity contribution in [3.63, 3.8) is 0 Å². The fourth-order valence-electron chi connectivity index (χ4n) is 1.94. The Labute approximate surface area is 114 Å². The van der Waals surface area contributed by atoms with Gasteiger partial charge in [0.25, 0.3) is 0 Å². The van der Waals surface area contributed by atoms with E-state index in [0.717, 1.165) is 6.42 Å². The van der Waals surface area contributed by atoms with Crippen molar-refractivity contribution in [2.45, 2.75) is 39.2 Å². The second kappa shape index (κ2) is 5.68. The molecule has 0 aliphatic rings. The van der Waals surface area contributed by atoms with Crippen LogP contribution in [-0.4, -0.2) is 0 Å². The van der Waals surface area contributed by atoms with Gasteiger partial charge in [-0.2, -0.15) is 0 Å². The quantitative estimate of drug-likeness (QED) is 0.826. The number of nitrogens with two attached hydrogens (primary N) is 1. The molecule has 0 spiro atoms. The maximum absolute atomic E-state index is 6.06. The first-order valence-electron chi connectivity index (χ1n) is 6.57. The smallest absolute Gasteiger partial charge is 0.0387 e. The van der Waals surface area contributed by atoms with Crippen LogP contribution in [-0.2, 0) is 0 Å². The van der Waals surface area contributed by atoms with Crippen molar-refractivity contribution in [2.24, 2.45) is 5.73 Å². The van der Waals surface area contributed by atoms with E-state index in [4.69, 9.17) is 5.73 Å². The summed E-state index contributed by atoms with van der Waals surface area (Å²) in [5.74, 6) is 0.589. The maximum atomic E-state index is 6.06. The predicted octanol–water partition coefficient (Wildman–Crippen LogP) is 4.95. The van der Waals surface area contributed by atoms with Crippen molar-refractivity contribution in [1.82, 2.24) is 0 Å². The van der Waals surface area contributed by atoms with E-state index in [0.29, 0.717) is 5.92 Å². The summed E-state index contributed by atoms with van der Waals surface area (Å²) in [5.41, 5.74) is 8.74. The van der Waals surface area contributed by atoms with E-state index in [1.807, 2.05) is 11.3 Å². The van der Waals surface area contributed by atoms with Crippen LogP contribution in [0.3, 0.4) is 0 Å². The first-order valence-corrected chi connectivity index (χ1v) is 7.39. The van der Waals surface area contributed by atoms with Gasteiger partial charge in [-0.25, -0.2) is 0 Å². The lowest BCUT2D eigenvalue weighted by molar-refractivity contribution is 0.712. The molecule has 0 saturated heterocycles. The third-order valence-corrected chi connectivity index (χ3v) is 4.56. The zero-order chi connectivity index (χ0) is 13.1. The highest BCUT2D eigenvalue weighted by Crippen LogP contribution is 2.32. The van der Waals surface area contributed by atoms with E-state index in [9.17, 15) is 0 Å². The summed E-state index contributed by atoms with van der Waals surface area (Å²) in [6.07, 6.45) is 0.992. The van der Waals surface area contributed by atoms with Crippen LogP contribution in [0.1, 0.15) is 49.6 Å². The molecule has 1 heterocycles. The lowest BCUT2D eigenvalue weighted by atomic mass is 10.0. The molecule has 18 heavy (non-hydrogen) atoms. The summed E-state index contributed by atoms with van der Waals surface area (Å²) in [6, 6.07) is 13.4. The number of benzene rings is 1. The van der Waals surface area contributed by atoms with Gasteiger partial charge in [0.15, 0.2) is 0 Å². The Kier molecular flexibility index (Phi) is 4.20. The van der Waals surface area contributed by atoms with Crippen LogP contribution in [0.25, 0.3) is 10.4 Å². The van der Waals surface area contributed by atoms with Gasteiger partial charge in [0.1, 0.15) is 0 Å². The highest BCUT2D eigenvalue weighted by atomic mass is 32.1.